The van der Waals surface area contributed by atoms with E-state index in [-0.39, 0.29) is 5.69 Å². The van der Waals surface area contributed by atoms with E-state index in [1.165, 1.54) is 37.8 Å². The van der Waals surface area contributed by atoms with Gasteiger partial charge in [0.05, 0.1) is 16.2 Å². The first kappa shape index (κ1) is 15.3. The van der Waals surface area contributed by atoms with Crippen LogP contribution in [0.3, 0.4) is 0 Å². The molecule has 0 saturated heterocycles. The minimum Gasteiger partial charge on any atom is -0.381 e. The van der Waals surface area contributed by atoms with Crippen LogP contribution in [-0.2, 0) is 0 Å². The average Bonchev–Trinajstić information content (AvgIpc) is 2.49. The van der Waals surface area contributed by atoms with Crippen LogP contribution in [0.5, 0.6) is 0 Å². The Hall–Kier alpha value is -2.09. The third kappa shape index (κ3) is 3.94. The Kier molecular flexibility index (Phi) is 5.15. The van der Waals surface area contributed by atoms with E-state index in [9.17, 15) is 10.1 Å². The number of anilines is 1. The molecule has 0 amide bonds. The van der Waals surface area contributed by atoms with Crippen LogP contribution >= 0.6 is 0 Å². The Balaban J connectivity index is 2.01. The van der Waals surface area contributed by atoms with Crippen LogP contribution in [0.1, 0.15) is 51.0 Å². The van der Waals surface area contributed by atoms with Gasteiger partial charge < -0.3 is 5.32 Å². The topological polar surface area (TPSA) is 79.0 Å². The molecule has 1 aliphatic carbocycles. The smallest absolute Gasteiger partial charge is 0.270 e. The molecule has 5 nitrogen and oxygen atoms in total. The first-order chi connectivity index (χ1) is 10.1. The summed E-state index contributed by atoms with van der Waals surface area (Å²) in [5, 5.41) is 23.3. The third-order valence-electron chi connectivity index (χ3n) is 4.24. The zero-order valence-electron chi connectivity index (χ0n) is 12.3. The van der Waals surface area contributed by atoms with Crippen molar-refractivity contribution in [1.29, 1.82) is 5.26 Å². The number of rotatable bonds is 5. The Morgan fingerprint density at radius 2 is 2.10 bits per heavy atom. The maximum absolute atomic E-state index is 10.7. The van der Waals surface area contributed by atoms with E-state index in [1.807, 2.05) is 6.07 Å². The molecule has 0 aromatic heterocycles. The molecule has 0 unspecified atom stereocenters. The summed E-state index contributed by atoms with van der Waals surface area (Å²) in [5.74, 6) is 0.834. The standard InChI is InChI=1S/C16H21N3O2/c1-2-3-12-4-6-14(7-5-12)18-16-9-8-15(19(20)21)10-13(16)11-17/h8-10,12,14,18H,2-7H2,1H3. The van der Waals surface area contributed by atoms with Crippen LogP contribution in [0.15, 0.2) is 18.2 Å². The molecular formula is C16H21N3O2. The first-order valence-corrected chi connectivity index (χ1v) is 7.59. The summed E-state index contributed by atoms with van der Waals surface area (Å²) in [4.78, 5) is 10.3. The van der Waals surface area contributed by atoms with Gasteiger partial charge in [0.25, 0.3) is 5.69 Å². The van der Waals surface area contributed by atoms with Gasteiger partial charge in [-0.05, 0) is 37.7 Å². The molecule has 1 aromatic rings. The molecule has 1 fully saturated rings. The summed E-state index contributed by atoms with van der Waals surface area (Å²) in [5.41, 5.74) is 1.02. The minimum atomic E-state index is -0.472. The normalized spacial score (nSPS) is 21.5. The average molecular weight is 287 g/mol. The minimum absolute atomic E-state index is 0.0382. The van der Waals surface area contributed by atoms with Gasteiger partial charge in [-0.25, -0.2) is 0 Å². The fraction of sp³-hybridized carbons (Fsp3) is 0.562. The van der Waals surface area contributed by atoms with Gasteiger partial charge in [0.15, 0.2) is 0 Å². The second kappa shape index (κ2) is 7.07. The third-order valence-corrected chi connectivity index (χ3v) is 4.24. The fourth-order valence-corrected chi connectivity index (χ4v) is 3.09. The number of nitro groups is 1. The quantitative estimate of drug-likeness (QED) is 0.649. The zero-order chi connectivity index (χ0) is 15.2. The molecule has 0 heterocycles. The highest BCUT2D eigenvalue weighted by Crippen LogP contribution is 2.30. The summed E-state index contributed by atoms with van der Waals surface area (Å²) < 4.78 is 0. The highest BCUT2D eigenvalue weighted by atomic mass is 16.6. The number of nitro benzene ring substituents is 1. The SMILES string of the molecule is CCCC1CCC(Nc2ccc([N+](=O)[O-])cc2C#N)CC1. The fourth-order valence-electron chi connectivity index (χ4n) is 3.09. The number of hydrogen-bond acceptors (Lipinski definition) is 4. The van der Waals surface area contributed by atoms with Crippen molar-refractivity contribution >= 4 is 11.4 Å². The molecule has 0 atom stereocenters. The molecule has 5 heteroatoms. The van der Waals surface area contributed by atoms with E-state index in [0.29, 0.717) is 17.3 Å². The highest BCUT2D eigenvalue weighted by Gasteiger charge is 2.21. The maximum atomic E-state index is 10.7. The largest absolute Gasteiger partial charge is 0.381 e. The number of nitriles is 1. The maximum Gasteiger partial charge on any atom is 0.270 e. The summed E-state index contributed by atoms with van der Waals surface area (Å²) in [6.45, 7) is 2.22. The van der Waals surface area contributed by atoms with Gasteiger partial charge in [-0.15, -0.1) is 0 Å². The first-order valence-electron chi connectivity index (χ1n) is 7.59. The van der Waals surface area contributed by atoms with Crippen LogP contribution in [0.4, 0.5) is 11.4 Å². The molecule has 1 N–H and O–H groups in total. The van der Waals surface area contributed by atoms with Gasteiger partial charge in [0.1, 0.15) is 6.07 Å². The molecule has 1 aromatic carbocycles. The molecule has 0 bridgehead atoms. The van der Waals surface area contributed by atoms with E-state index in [4.69, 9.17) is 5.26 Å². The van der Waals surface area contributed by atoms with Crippen molar-refractivity contribution in [2.45, 2.75) is 51.5 Å². The predicted molar refractivity (Wildman–Crippen MR) is 82.1 cm³/mol. The van der Waals surface area contributed by atoms with Crippen LogP contribution in [-0.4, -0.2) is 11.0 Å². The van der Waals surface area contributed by atoms with Crippen molar-refractivity contribution in [3.63, 3.8) is 0 Å². The van der Waals surface area contributed by atoms with Crippen molar-refractivity contribution in [2.24, 2.45) is 5.92 Å². The summed E-state index contributed by atoms with van der Waals surface area (Å²) in [7, 11) is 0. The van der Waals surface area contributed by atoms with Gasteiger partial charge >= 0.3 is 0 Å². The van der Waals surface area contributed by atoms with Gasteiger partial charge in [-0.3, -0.25) is 10.1 Å². The van der Waals surface area contributed by atoms with Gasteiger partial charge in [0, 0.05) is 18.2 Å². The molecular weight excluding hydrogens is 266 g/mol. The molecule has 1 saturated carbocycles. The highest BCUT2D eigenvalue weighted by molar-refractivity contribution is 5.61. The van der Waals surface area contributed by atoms with Gasteiger partial charge in [-0.2, -0.15) is 5.26 Å². The molecule has 2 rings (SSSR count). The molecule has 0 aliphatic heterocycles. The Morgan fingerprint density at radius 3 is 2.67 bits per heavy atom. The second-order valence-corrected chi connectivity index (χ2v) is 5.75. The molecule has 1 aliphatic rings. The second-order valence-electron chi connectivity index (χ2n) is 5.75. The summed E-state index contributed by atoms with van der Waals surface area (Å²) in [6.07, 6.45) is 7.19. The number of hydrogen-bond donors (Lipinski definition) is 1. The Labute approximate surface area is 125 Å². The van der Waals surface area contributed by atoms with E-state index < -0.39 is 4.92 Å². The summed E-state index contributed by atoms with van der Waals surface area (Å²) >= 11 is 0. The van der Waals surface area contributed by atoms with Crippen molar-refractivity contribution < 1.29 is 4.92 Å². The Morgan fingerprint density at radius 1 is 1.38 bits per heavy atom. The van der Waals surface area contributed by atoms with E-state index in [1.54, 1.807) is 6.07 Å². The van der Waals surface area contributed by atoms with Gasteiger partial charge in [0.2, 0.25) is 0 Å². The van der Waals surface area contributed by atoms with Crippen LogP contribution in [0.25, 0.3) is 0 Å². The lowest BCUT2D eigenvalue weighted by atomic mass is 9.83. The van der Waals surface area contributed by atoms with Crippen molar-refractivity contribution in [3.05, 3.63) is 33.9 Å². The molecule has 0 spiro atoms. The van der Waals surface area contributed by atoms with Crippen LogP contribution < -0.4 is 5.32 Å². The van der Waals surface area contributed by atoms with E-state index in [0.717, 1.165) is 18.8 Å². The lowest BCUT2D eigenvalue weighted by Crippen LogP contribution is -2.26. The van der Waals surface area contributed by atoms with Crippen molar-refractivity contribution in [2.75, 3.05) is 5.32 Å². The molecule has 21 heavy (non-hydrogen) atoms. The van der Waals surface area contributed by atoms with Crippen molar-refractivity contribution in [3.8, 4) is 6.07 Å². The Bertz CT molecular complexity index is 543. The lowest BCUT2D eigenvalue weighted by Gasteiger charge is -2.29. The zero-order valence-corrected chi connectivity index (χ0v) is 12.3. The van der Waals surface area contributed by atoms with Gasteiger partial charge in [-0.1, -0.05) is 19.8 Å². The number of nitrogens with zero attached hydrogens (tertiary/aromatic N) is 2. The monoisotopic (exact) mass is 287 g/mol. The van der Waals surface area contributed by atoms with E-state index >= 15 is 0 Å². The number of nitrogens with one attached hydrogen (secondary N) is 1. The number of non-ortho nitro benzene ring substituents is 1. The van der Waals surface area contributed by atoms with Crippen LogP contribution in [0.2, 0.25) is 0 Å². The van der Waals surface area contributed by atoms with Crippen molar-refractivity contribution in [1.82, 2.24) is 0 Å². The lowest BCUT2D eigenvalue weighted by molar-refractivity contribution is -0.384. The number of benzene rings is 1. The predicted octanol–water partition coefficient (Wildman–Crippen LogP) is 4.24. The van der Waals surface area contributed by atoms with E-state index in [2.05, 4.69) is 12.2 Å². The summed E-state index contributed by atoms with van der Waals surface area (Å²) in [6, 6.07) is 6.85. The van der Waals surface area contributed by atoms with Crippen LogP contribution in [0, 0.1) is 27.4 Å². The molecule has 0 radical (unpaired) electrons. The molecule has 112 valence electrons.